The van der Waals surface area contributed by atoms with Crippen molar-refractivity contribution in [2.75, 3.05) is 11.9 Å². The highest BCUT2D eigenvalue weighted by Gasteiger charge is 2.18. The van der Waals surface area contributed by atoms with E-state index in [2.05, 4.69) is 41.4 Å². The van der Waals surface area contributed by atoms with Crippen molar-refractivity contribution in [2.45, 2.75) is 37.7 Å². The molecule has 106 valence electrons. The van der Waals surface area contributed by atoms with Crippen molar-refractivity contribution in [1.82, 2.24) is 10.1 Å². The van der Waals surface area contributed by atoms with Gasteiger partial charge in [-0.25, -0.2) is 0 Å². The Morgan fingerprint density at radius 3 is 3.15 bits per heavy atom. The smallest absolute Gasteiger partial charge is 0.258 e. The van der Waals surface area contributed by atoms with E-state index < -0.39 is 0 Å². The minimum Gasteiger partial charge on any atom is -0.385 e. The van der Waals surface area contributed by atoms with Gasteiger partial charge in [-0.3, -0.25) is 0 Å². The molecule has 0 unspecified atom stereocenters. The number of hydrogen-bond donors (Lipinski definition) is 1. The average Bonchev–Trinajstić information content (AvgIpc) is 2.93. The number of rotatable bonds is 4. The van der Waals surface area contributed by atoms with Crippen LogP contribution in [0.4, 0.5) is 5.69 Å². The Labute approximate surface area is 123 Å². The summed E-state index contributed by atoms with van der Waals surface area (Å²) < 4.78 is 5.45. The van der Waals surface area contributed by atoms with E-state index in [0.29, 0.717) is 11.1 Å². The number of thioether (sulfide) groups is 1. The molecule has 0 amide bonds. The quantitative estimate of drug-likeness (QED) is 0.929. The number of benzene rings is 1. The molecule has 2 heterocycles. The van der Waals surface area contributed by atoms with Crippen LogP contribution in [0.3, 0.4) is 0 Å². The van der Waals surface area contributed by atoms with E-state index in [0.717, 1.165) is 36.5 Å². The van der Waals surface area contributed by atoms with Gasteiger partial charge in [0.2, 0.25) is 0 Å². The molecule has 0 radical (unpaired) electrons. The zero-order valence-corrected chi connectivity index (χ0v) is 12.7. The predicted molar refractivity (Wildman–Crippen MR) is 83.0 cm³/mol. The van der Waals surface area contributed by atoms with Crippen LogP contribution in [-0.4, -0.2) is 21.9 Å². The highest BCUT2D eigenvalue weighted by Crippen LogP contribution is 2.31. The molecule has 0 atom stereocenters. The Kier molecular flexibility index (Phi) is 3.96. The molecule has 0 fully saturated rings. The average molecular weight is 289 g/mol. The number of aromatic nitrogens is 2. The van der Waals surface area contributed by atoms with Crippen LogP contribution in [-0.2, 0) is 12.2 Å². The van der Waals surface area contributed by atoms with Crippen molar-refractivity contribution in [3.8, 4) is 11.5 Å². The Balaban J connectivity index is 1.86. The Morgan fingerprint density at radius 2 is 2.30 bits per heavy atom. The van der Waals surface area contributed by atoms with E-state index in [1.54, 1.807) is 0 Å². The highest BCUT2D eigenvalue weighted by molar-refractivity contribution is 7.99. The third-order valence-electron chi connectivity index (χ3n) is 3.34. The van der Waals surface area contributed by atoms with Crippen LogP contribution in [0.1, 0.15) is 31.7 Å². The SMILES string of the molecule is CC(C)SCc1noc(-c2cccc3c2CCCN3)n1. The largest absolute Gasteiger partial charge is 0.385 e. The maximum Gasteiger partial charge on any atom is 0.258 e. The minimum absolute atomic E-state index is 0.575. The molecule has 1 aliphatic heterocycles. The second-order valence-corrected chi connectivity index (χ2v) is 6.80. The third-order valence-corrected chi connectivity index (χ3v) is 4.43. The molecule has 1 N–H and O–H groups in total. The second-order valence-electron chi connectivity index (χ2n) is 5.24. The molecule has 0 saturated carbocycles. The van der Waals surface area contributed by atoms with Gasteiger partial charge in [0.25, 0.3) is 5.89 Å². The molecule has 4 nitrogen and oxygen atoms in total. The molecular weight excluding hydrogens is 270 g/mol. The van der Waals surface area contributed by atoms with Gasteiger partial charge in [-0.15, -0.1) is 0 Å². The van der Waals surface area contributed by atoms with Gasteiger partial charge < -0.3 is 9.84 Å². The molecule has 1 aliphatic rings. The fourth-order valence-electron chi connectivity index (χ4n) is 2.37. The zero-order valence-electron chi connectivity index (χ0n) is 11.8. The van der Waals surface area contributed by atoms with Crippen LogP contribution < -0.4 is 5.32 Å². The number of nitrogens with zero attached hydrogens (tertiary/aromatic N) is 2. The van der Waals surface area contributed by atoms with E-state index >= 15 is 0 Å². The summed E-state index contributed by atoms with van der Waals surface area (Å²) in [4.78, 5) is 4.53. The molecule has 1 aromatic heterocycles. The van der Waals surface area contributed by atoms with Crippen molar-refractivity contribution in [1.29, 1.82) is 0 Å². The minimum atomic E-state index is 0.575. The first-order valence-electron chi connectivity index (χ1n) is 7.04. The van der Waals surface area contributed by atoms with Gasteiger partial charge in [0.1, 0.15) is 0 Å². The summed E-state index contributed by atoms with van der Waals surface area (Å²) in [7, 11) is 0. The maximum atomic E-state index is 5.45. The highest BCUT2D eigenvalue weighted by atomic mass is 32.2. The van der Waals surface area contributed by atoms with Gasteiger partial charge in [-0.05, 0) is 35.8 Å². The lowest BCUT2D eigenvalue weighted by molar-refractivity contribution is 0.424. The lowest BCUT2D eigenvalue weighted by Crippen LogP contribution is -2.12. The van der Waals surface area contributed by atoms with E-state index in [9.17, 15) is 0 Å². The molecule has 0 bridgehead atoms. The lowest BCUT2D eigenvalue weighted by atomic mass is 9.97. The molecule has 1 aromatic carbocycles. The van der Waals surface area contributed by atoms with Crippen LogP contribution in [0.5, 0.6) is 0 Å². The summed E-state index contributed by atoms with van der Waals surface area (Å²) in [5.41, 5.74) is 3.57. The summed E-state index contributed by atoms with van der Waals surface area (Å²) in [6, 6.07) is 6.22. The molecule has 0 spiro atoms. The Morgan fingerprint density at radius 1 is 1.40 bits per heavy atom. The molecular formula is C15H19N3OS. The van der Waals surface area contributed by atoms with E-state index in [1.807, 2.05) is 17.8 Å². The van der Waals surface area contributed by atoms with Gasteiger partial charge in [-0.2, -0.15) is 16.7 Å². The van der Waals surface area contributed by atoms with E-state index in [4.69, 9.17) is 4.52 Å². The molecule has 2 aromatic rings. The number of fused-ring (bicyclic) bond motifs is 1. The monoisotopic (exact) mass is 289 g/mol. The molecule has 3 rings (SSSR count). The van der Waals surface area contributed by atoms with Gasteiger partial charge in [-0.1, -0.05) is 25.1 Å². The van der Waals surface area contributed by atoms with Crippen LogP contribution in [0.25, 0.3) is 11.5 Å². The molecule has 0 saturated heterocycles. The van der Waals surface area contributed by atoms with Gasteiger partial charge >= 0.3 is 0 Å². The molecule has 0 aliphatic carbocycles. The van der Waals surface area contributed by atoms with Crippen LogP contribution in [0.2, 0.25) is 0 Å². The fourth-order valence-corrected chi connectivity index (χ4v) is 2.97. The van der Waals surface area contributed by atoms with Gasteiger partial charge in [0, 0.05) is 17.8 Å². The number of anilines is 1. The van der Waals surface area contributed by atoms with Crippen molar-refractivity contribution < 1.29 is 4.52 Å². The fraction of sp³-hybridized carbons (Fsp3) is 0.467. The van der Waals surface area contributed by atoms with Gasteiger partial charge in [0.05, 0.1) is 5.75 Å². The normalized spacial score (nSPS) is 14.2. The Bertz CT molecular complexity index is 595. The van der Waals surface area contributed by atoms with Crippen molar-refractivity contribution in [2.24, 2.45) is 0 Å². The molecule has 20 heavy (non-hydrogen) atoms. The first-order chi connectivity index (χ1) is 9.74. The molecule has 5 heteroatoms. The summed E-state index contributed by atoms with van der Waals surface area (Å²) in [5, 5.41) is 8.09. The third kappa shape index (κ3) is 2.82. The van der Waals surface area contributed by atoms with Crippen LogP contribution in [0.15, 0.2) is 22.7 Å². The first kappa shape index (κ1) is 13.5. The topological polar surface area (TPSA) is 51.0 Å². The number of hydrogen-bond acceptors (Lipinski definition) is 5. The summed E-state index contributed by atoms with van der Waals surface area (Å²) in [5.74, 6) is 2.22. The number of nitrogens with one attached hydrogen (secondary N) is 1. The van der Waals surface area contributed by atoms with Crippen molar-refractivity contribution in [3.05, 3.63) is 29.6 Å². The maximum absolute atomic E-state index is 5.45. The first-order valence-corrected chi connectivity index (χ1v) is 8.09. The lowest BCUT2D eigenvalue weighted by Gasteiger charge is -2.19. The van der Waals surface area contributed by atoms with Crippen molar-refractivity contribution >= 4 is 17.4 Å². The van der Waals surface area contributed by atoms with E-state index in [1.165, 1.54) is 11.3 Å². The predicted octanol–water partition coefficient (Wildman–Crippen LogP) is 3.74. The van der Waals surface area contributed by atoms with Crippen LogP contribution in [0, 0.1) is 0 Å². The van der Waals surface area contributed by atoms with E-state index in [-0.39, 0.29) is 0 Å². The summed E-state index contributed by atoms with van der Waals surface area (Å²) in [6.45, 7) is 5.38. The summed E-state index contributed by atoms with van der Waals surface area (Å²) >= 11 is 1.82. The standard InChI is InChI=1S/C15H19N3OS/c1-10(2)20-9-14-17-15(19-18-14)12-5-3-7-13-11(12)6-4-8-16-13/h3,5,7,10,16H,4,6,8-9H2,1-2H3. The summed E-state index contributed by atoms with van der Waals surface area (Å²) in [6.07, 6.45) is 2.21. The zero-order chi connectivity index (χ0) is 13.9. The second kappa shape index (κ2) is 5.87. The Hall–Kier alpha value is -1.49. The van der Waals surface area contributed by atoms with Gasteiger partial charge in [0.15, 0.2) is 5.82 Å². The van der Waals surface area contributed by atoms with Crippen molar-refractivity contribution in [3.63, 3.8) is 0 Å². The van der Waals surface area contributed by atoms with Crippen LogP contribution >= 0.6 is 11.8 Å².